The van der Waals surface area contributed by atoms with Crippen LogP contribution < -0.4 is 0 Å². The molecule has 1 aromatic heterocycles. The maximum atomic E-state index is 11.8. The van der Waals surface area contributed by atoms with Crippen molar-refractivity contribution in [2.24, 2.45) is 0 Å². The zero-order chi connectivity index (χ0) is 11.9. The molecule has 16 heavy (non-hydrogen) atoms. The van der Waals surface area contributed by atoms with Gasteiger partial charge in [0.25, 0.3) is 0 Å². The number of Topliss-reactive ketones (excluding diaryl/α,β-unsaturated/α-hetero) is 1. The molecule has 1 aliphatic rings. The molecule has 0 aromatic carbocycles. The summed E-state index contributed by atoms with van der Waals surface area (Å²) in [4.78, 5) is 34.2. The molecule has 1 N–H and O–H groups in total. The van der Waals surface area contributed by atoms with Crippen LogP contribution in [0.4, 0.5) is 0 Å². The molecule has 0 spiro atoms. The van der Waals surface area contributed by atoms with Crippen LogP contribution in [-0.4, -0.2) is 34.1 Å². The molecule has 1 heterocycles. The number of carbonyl (C=O) groups excluding carboxylic acids is 2. The molecule has 0 saturated heterocycles. The van der Waals surface area contributed by atoms with Gasteiger partial charge in [-0.3, -0.25) is 9.59 Å². The van der Waals surface area contributed by atoms with Gasteiger partial charge in [0.1, 0.15) is 5.56 Å². The van der Waals surface area contributed by atoms with Gasteiger partial charge in [0.05, 0.1) is 4.91 Å². The molecule has 82 valence electrons. The minimum atomic E-state index is -1.39. The van der Waals surface area contributed by atoms with Crippen molar-refractivity contribution in [1.82, 2.24) is 5.16 Å². The highest BCUT2D eigenvalue weighted by Gasteiger charge is 2.35. The fourth-order valence-corrected chi connectivity index (χ4v) is 1.85. The van der Waals surface area contributed by atoms with Crippen molar-refractivity contribution in [3.63, 3.8) is 0 Å². The van der Waals surface area contributed by atoms with E-state index in [1.54, 1.807) is 6.26 Å². The summed E-state index contributed by atoms with van der Waals surface area (Å²) in [7, 11) is 0. The lowest BCUT2D eigenvalue weighted by Gasteiger charge is -2.07. The number of nitrogens with zero attached hydrogens (tertiary/aromatic N) is 1. The van der Waals surface area contributed by atoms with Crippen LogP contribution in [0.5, 0.6) is 0 Å². The van der Waals surface area contributed by atoms with Gasteiger partial charge in [-0.25, -0.2) is 4.79 Å². The molecule has 0 aliphatic heterocycles. The Bertz CT molecular complexity index is 542. The minimum absolute atomic E-state index is 0.184. The Morgan fingerprint density at radius 2 is 2.19 bits per heavy atom. The van der Waals surface area contributed by atoms with Crippen LogP contribution in [0, 0.1) is 0 Å². The average Bonchev–Trinajstić information content (AvgIpc) is 2.68. The predicted molar refractivity (Wildman–Crippen MR) is 53.7 cm³/mol. The molecule has 0 radical (unpaired) electrons. The van der Waals surface area contributed by atoms with Gasteiger partial charge in [-0.2, -0.15) is 0 Å². The van der Waals surface area contributed by atoms with Gasteiger partial charge in [0.15, 0.2) is 0 Å². The first-order valence-corrected chi connectivity index (χ1v) is 5.36. The molecule has 0 saturated carbocycles. The van der Waals surface area contributed by atoms with Crippen LogP contribution in [0.2, 0.25) is 0 Å². The summed E-state index contributed by atoms with van der Waals surface area (Å²) in [6, 6.07) is 0. The number of aromatic carboxylic acids is 1. The summed E-state index contributed by atoms with van der Waals surface area (Å²) in [5.41, 5.74) is -0.780. The van der Waals surface area contributed by atoms with Crippen molar-refractivity contribution in [3.05, 3.63) is 28.0 Å². The Balaban J connectivity index is 2.65. The Hall–Kier alpha value is -1.89. The molecule has 7 heteroatoms. The summed E-state index contributed by atoms with van der Waals surface area (Å²) in [6.07, 6.45) is 2.74. The van der Waals surface area contributed by atoms with Gasteiger partial charge in [-0.1, -0.05) is 5.16 Å². The van der Waals surface area contributed by atoms with Crippen LogP contribution in [0.3, 0.4) is 0 Å². The van der Waals surface area contributed by atoms with Gasteiger partial charge >= 0.3 is 5.97 Å². The fraction of sp³-hybridized carbons (Fsp3) is 0.111. The van der Waals surface area contributed by atoms with Crippen molar-refractivity contribution in [3.8, 4) is 0 Å². The summed E-state index contributed by atoms with van der Waals surface area (Å²) in [5.74, 6) is -2.78. The first-order chi connectivity index (χ1) is 7.56. The van der Waals surface area contributed by atoms with Gasteiger partial charge < -0.3 is 9.63 Å². The van der Waals surface area contributed by atoms with Gasteiger partial charge in [0, 0.05) is 6.08 Å². The second-order valence-corrected chi connectivity index (χ2v) is 3.79. The maximum absolute atomic E-state index is 11.8. The highest BCUT2D eigenvalue weighted by atomic mass is 32.2. The topological polar surface area (TPSA) is 97.5 Å². The average molecular weight is 239 g/mol. The Labute approximate surface area is 93.3 Å². The smallest absolute Gasteiger partial charge is 0.358 e. The number of carboxylic acid groups (broad SMARTS) is 1. The number of rotatable bonds is 2. The summed E-state index contributed by atoms with van der Waals surface area (Å²) >= 11 is 1.07. The number of aromatic nitrogens is 1. The molecule has 1 aromatic rings. The standard InChI is InChI=1S/C9H5NO5S/c1-16-4-2-3(11)8-5(7(4)12)6(9(13)14)10-15-8/h2H,1H3,(H,13,14). The predicted octanol–water partition coefficient (Wildman–Crippen LogP) is 0.999. The summed E-state index contributed by atoms with van der Waals surface area (Å²) < 4.78 is 4.57. The Morgan fingerprint density at radius 1 is 1.50 bits per heavy atom. The third kappa shape index (κ3) is 1.36. The number of fused-ring (bicyclic) bond motifs is 1. The highest BCUT2D eigenvalue weighted by Crippen LogP contribution is 2.28. The van der Waals surface area contributed by atoms with E-state index in [-0.39, 0.29) is 16.2 Å². The molecular weight excluding hydrogens is 234 g/mol. The fourth-order valence-electron chi connectivity index (χ4n) is 1.34. The third-order valence-corrected chi connectivity index (χ3v) is 2.79. The molecule has 2 rings (SSSR count). The van der Waals surface area contributed by atoms with Gasteiger partial charge in [-0.05, 0) is 6.26 Å². The third-order valence-electron chi connectivity index (χ3n) is 2.05. The lowest BCUT2D eigenvalue weighted by molar-refractivity contribution is 0.0681. The lowest BCUT2D eigenvalue weighted by atomic mass is 10.00. The monoisotopic (exact) mass is 239 g/mol. The molecule has 6 nitrogen and oxygen atoms in total. The van der Waals surface area contributed by atoms with Gasteiger partial charge in [-0.15, -0.1) is 11.8 Å². The van der Waals surface area contributed by atoms with Crippen LogP contribution >= 0.6 is 11.8 Å². The summed E-state index contributed by atoms with van der Waals surface area (Å²) in [5, 5.41) is 12.0. The molecule has 0 atom stereocenters. The lowest BCUT2D eigenvalue weighted by Crippen LogP contribution is -2.16. The highest BCUT2D eigenvalue weighted by molar-refractivity contribution is 8.03. The van der Waals surface area contributed by atoms with Crippen LogP contribution in [0.1, 0.15) is 31.4 Å². The van der Waals surface area contributed by atoms with E-state index < -0.39 is 23.2 Å². The van der Waals surface area contributed by atoms with Crippen molar-refractivity contribution < 1.29 is 24.0 Å². The number of hydrogen-bond acceptors (Lipinski definition) is 6. The molecule has 1 aliphatic carbocycles. The maximum Gasteiger partial charge on any atom is 0.358 e. The normalized spacial score (nSPS) is 14.7. The Morgan fingerprint density at radius 3 is 2.75 bits per heavy atom. The minimum Gasteiger partial charge on any atom is -0.476 e. The van der Waals surface area contributed by atoms with Crippen LogP contribution in [0.25, 0.3) is 0 Å². The number of ketones is 2. The van der Waals surface area contributed by atoms with E-state index in [1.165, 1.54) is 0 Å². The zero-order valence-corrected chi connectivity index (χ0v) is 8.83. The molecular formula is C9H5NO5S. The van der Waals surface area contributed by atoms with Crippen molar-refractivity contribution in [2.75, 3.05) is 6.26 Å². The number of carboxylic acids is 1. The Kier molecular flexibility index (Phi) is 2.39. The second-order valence-electron chi connectivity index (χ2n) is 2.95. The largest absolute Gasteiger partial charge is 0.476 e. The number of carbonyl (C=O) groups is 3. The molecule has 0 fully saturated rings. The van der Waals surface area contributed by atoms with Crippen molar-refractivity contribution >= 4 is 29.3 Å². The number of allylic oxidation sites excluding steroid dienone is 2. The first-order valence-electron chi connectivity index (χ1n) is 4.14. The SMILES string of the molecule is CSC1=CC(=O)c2onc(C(=O)O)c2C1=O. The van der Waals surface area contributed by atoms with E-state index >= 15 is 0 Å². The molecule has 0 bridgehead atoms. The van der Waals surface area contributed by atoms with E-state index in [9.17, 15) is 14.4 Å². The molecule has 0 amide bonds. The number of hydrogen-bond donors (Lipinski definition) is 1. The van der Waals surface area contributed by atoms with Crippen molar-refractivity contribution in [1.29, 1.82) is 0 Å². The van der Waals surface area contributed by atoms with Crippen LogP contribution in [-0.2, 0) is 0 Å². The molecule has 0 unspecified atom stereocenters. The van der Waals surface area contributed by atoms with E-state index in [1.807, 2.05) is 0 Å². The van der Waals surface area contributed by atoms with E-state index in [2.05, 4.69) is 9.68 Å². The van der Waals surface area contributed by atoms with E-state index in [4.69, 9.17) is 5.11 Å². The van der Waals surface area contributed by atoms with E-state index in [0.717, 1.165) is 17.8 Å². The van der Waals surface area contributed by atoms with Crippen LogP contribution in [0.15, 0.2) is 15.5 Å². The quantitative estimate of drug-likeness (QED) is 0.821. The summed E-state index contributed by atoms with van der Waals surface area (Å²) in [6.45, 7) is 0. The van der Waals surface area contributed by atoms with Crippen molar-refractivity contribution in [2.45, 2.75) is 0 Å². The number of thioether (sulfide) groups is 1. The zero-order valence-electron chi connectivity index (χ0n) is 8.01. The first kappa shape index (κ1) is 10.6. The second kappa shape index (κ2) is 3.60. The van der Waals surface area contributed by atoms with E-state index in [0.29, 0.717) is 0 Å². The van der Waals surface area contributed by atoms with Gasteiger partial charge in [0.2, 0.25) is 23.0 Å².